The van der Waals surface area contributed by atoms with Gasteiger partial charge in [-0.3, -0.25) is 9.59 Å². The van der Waals surface area contributed by atoms with Gasteiger partial charge in [0.25, 0.3) is 0 Å². The van der Waals surface area contributed by atoms with E-state index in [9.17, 15) is 9.59 Å². The van der Waals surface area contributed by atoms with Crippen molar-refractivity contribution in [2.24, 2.45) is 5.92 Å². The second-order valence-corrected chi connectivity index (χ2v) is 9.16. The average molecular weight is 445 g/mol. The van der Waals surface area contributed by atoms with Crippen molar-refractivity contribution in [3.8, 4) is 11.5 Å². The maximum atomic E-state index is 12.7. The number of likely N-dealkylation sites (tertiary alicyclic amines) is 1. The van der Waals surface area contributed by atoms with Gasteiger partial charge in [-0.05, 0) is 30.5 Å². The molecular formula is C22H28N4O4S. The third-order valence-corrected chi connectivity index (χ3v) is 6.88. The number of hydrogen-bond donors (Lipinski definition) is 1. The topological polar surface area (TPSA) is 93.7 Å². The largest absolute Gasteiger partial charge is 0.493 e. The first-order chi connectivity index (χ1) is 15.1. The lowest BCUT2D eigenvalue weighted by Gasteiger charge is -2.31. The smallest absolute Gasteiger partial charge is 0.231 e. The van der Waals surface area contributed by atoms with E-state index in [1.54, 1.807) is 14.2 Å². The summed E-state index contributed by atoms with van der Waals surface area (Å²) < 4.78 is 10.6. The van der Waals surface area contributed by atoms with Gasteiger partial charge in [0.1, 0.15) is 5.01 Å². The Kier molecular flexibility index (Phi) is 6.70. The Bertz CT molecular complexity index is 941. The summed E-state index contributed by atoms with van der Waals surface area (Å²) in [4.78, 5) is 27.1. The molecule has 8 nitrogen and oxygen atoms in total. The number of anilines is 1. The second-order valence-electron chi connectivity index (χ2n) is 8.10. The molecule has 2 heterocycles. The van der Waals surface area contributed by atoms with E-state index in [4.69, 9.17) is 9.47 Å². The molecule has 31 heavy (non-hydrogen) atoms. The van der Waals surface area contributed by atoms with E-state index >= 15 is 0 Å². The van der Waals surface area contributed by atoms with Crippen LogP contribution in [-0.2, 0) is 16.0 Å². The number of carbonyl (C=O) groups is 2. The van der Waals surface area contributed by atoms with Gasteiger partial charge in [-0.15, -0.1) is 10.2 Å². The van der Waals surface area contributed by atoms with E-state index in [-0.39, 0.29) is 24.2 Å². The maximum Gasteiger partial charge on any atom is 0.231 e. The summed E-state index contributed by atoms with van der Waals surface area (Å²) in [6.45, 7) is 0.507. The summed E-state index contributed by atoms with van der Waals surface area (Å²) in [6.07, 6.45) is 6.53. The number of benzene rings is 1. The van der Waals surface area contributed by atoms with Gasteiger partial charge in [-0.2, -0.15) is 0 Å². The lowest BCUT2D eigenvalue weighted by molar-refractivity contribution is -0.130. The third kappa shape index (κ3) is 4.98. The van der Waals surface area contributed by atoms with Crippen LogP contribution in [0.1, 0.15) is 49.1 Å². The zero-order valence-corrected chi connectivity index (χ0v) is 18.7. The highest BCUT2D eigenvalue weighted by atomic mass is 32.1. The molecule has 1 atom stereocenters. The Morgan fingerprint density at radius 1 is 1.16 bits per heavy atom. The highest BCUT2D eigenvalue weighted by Gasteiger charge is 2.38. The van der Waals surface area contributed by atoms with E-state index in [1.807, 2.05) is 23.1 Å². The minimum absolute atomic E-state index is 0.0958. The number of aromatic nitrogens is 2. The predicted molar refractivity (Wildman–Crippen MR) is 118 cm³/mol. The van der Waals surface area contributed by atoms with Gasteiger partial charge in [0.15, 0.2) is 11.5 Å². The summed E-state index contributed by atoms with van der Waals surface area (Å²) in [5.74, 6) is 0.947. The van der Waals surface area contributed by atoms with Crippen molar-refractivity contribution in [3.63, 3.8) is 0 Å². The van der Waals surface area contributed by atoms with Crippen LogP contribution in [0.2, 0.25) is 0 Å². The highest BCUT2D eigenvalue weighted by molar-refractivity contribution is 7.15. The molecule has 1 saturated carbocycles. The van der Waals surface area contributed by atoms with E-state index in [0.717, 1.165) is 23.4 Å². The number of nitrogens with zero attached hydrogens (tertiary/aromatic N) is 3. The van der Waals surface area contributed by atoms with E-state index in [2.05, 4.69) is 15.5 Å². The van der Waals surface area contributed by atoms with E-state index in [1.165, 1.54) is 30.6 Å². The Hall–Kier alpha value is -2.68. The minimum Gasteiger partial charge on any atom is -0.493 e. The normalized spacial score (nSPS) is 19.5. The minimum atomic E-state index is -0.326. The molecule has 2 amide bonds. The average Bonchev–Trinajstić information content (AvgIpc) is 3.40. The summed E-state index contributed by atoms with van der Waals surface area (Å²) in [7, 11) is 3.20. The molecule has 2 aliphatic rings. The van der Waals surface area contributed by atoms with Gasteiger partial charge in [0.05, 0.1) is 20.1 Å². The molecule has 1 N–H and O–H groups in total. The van der Waals surface area contributed by atoms with Crippen molar-refractivity contribution in [1.82, 2.24) is 15.1 Å². The number of rotatable bonds is 7. The predicted octanol–water partition coefficient (Wildman–Crippen LogP) is 3.27. The van der Waals surface area contributed by atoms with Crippen LogP contribution in [0.5, 0.6) is 11.5 Å². The molecule has 1 saturated heterocycles. The molecule has 0 bridgehead atoms. The molecule has 4 rings (SSSR count). The lowest BCUT2D eigenvalue weighted by atomic mass is 9.94. The Labute approximate surface area is 185 Å². The molecular weight excluding hydrogens is 416 g/mol. The summed E-state index contributed by atoms with van der Waals surface area (Å²) in [5.41, 5.74) is 1.01. The van der Waals surface area contributed by atoms with Crippen LogP contribution >= 0.6 is 11.3 Å². The quantitative estimate of drug-likeness (QED) is 0.705. The standard InChI is InChI=1S/C22H28N4O4S/c1-29-17-9-8-14(10-18(17)30-2)11-19-24-25-22(31-19)23-21(28)15-12-20(27)26(13-15)16-6-4-3-5-7-16/h8-10,15-16H,3-7,11-13H2,1-2H3,(H,23,25,28)/t15-/m1/s1. The summed E-state index contributed by atoms with van der Waals surface area (Å²) in [5, 5.41) is 12.4. The molecule has 1 aliphatic carbocycles. The number of methoxy groups -OCH3 is 2. The molecule has 1 aromatic heterocycles. The van der Waals surface area contributed by atoms with Gasteiger partial charge >= 0.3 is 0 Å². The van der Waals surface area contributed by atoms with Crippen LogP contribution in [0, 0.1) is 5.92 Å². The molecule has 1 aromatic carbocycles. The number of carbonyl (C=O) groups excluding carboxylic acids is 2. The summed E-state index contributed by atoms with van der Waals surface area (Å²) >= 11 is 1.34. The maximum absolute atomic E-state index is 12.7. The molecule has 166 valence electrons. The van der Waals surface area contributed by atoms with Crippen molar-refractivity contribution in [2.45, 2.75) is 51.0 Å². The van der Waals surface area contributed by atoms with Crippen LogP contribution in [0.25, 0.3) is 0 Å². The molecule has 2 fully saturated rings. The van der Waals surface area contributed by atoms with Gasteiger partial charge in [-0.1, -0.05) is 36.7 Å². The highest BCUT2D eigenvalue weighted by Crippen LogP contribution is 2.31. The Morgan fingerprint density at radius 2 is 1.94 bits per heavy atom. The zero-order chi connectivity index (χ0) is 21.8. The Balaban J connectivity index is 1.34. The van der Waals surface area contributed by atoms with Crippen molar-refractivity contribution in [2.75, 3.05) is 26.1 Å². The molecule has 0 unspecified atom stereocenters. The molecule has 0 spiro atoms. The lowest BCUT2D eigenvalue weighted by Crippen LogP contribution is -2.38. The fourth-order valence-corrected chi connectivity index (χ4v) is 5.18. The van der Waals surface area contributed by atoms with Crippen molar-refractivity contribution in [1.29, 1.82) is 0 Å². The first-order valence-corrected chi connectivity index (χ1v) is 11.5. The van der Waals surface area contributed by atoms with Crippen LogP contribution in [0.15, 0.2) is 18.2 Å². The van der Waals surface area contributed by atoms with Crippen molar-refractivity contribution >= 4 is 28.3 Å². The molecule has 1 aliphatic heterocycles. The zero-order valence-electron chi connectivity index (χ0n) is 17.9. The van der Waals surface area contributed by atoms with Gasteiger partial charge < -0.3 is 19.7 Å². The monoisotopic (exact) mass is 444 g/mol. The Morgan fingerprint density at radius 3 is 2.68 bits per heavy atom. The van der Waals surface area contributed by atoms with Crippen LogP contribution in [0.3, 0.4) is 0 Å². The number of hydrogen-bond acceptors (Lipinski definition) is 7. The second kappa shape index (κ2) is 9.64. The third-order valence-electron chi connectivity index (χ3n) is 6.04. The van der Waals surface area contributed by atoms with E-state index in [0.29, 0.717) is 35.6 Å². The molecule has 0 radical (unpaired) electrons. The first kappa shape index (κ1) is 21.5. The van der Waals surface area contributed by atoms with Crippen LogP contribution < -0.4 is 14.8 Å². The van der Waals surface area contributed by atoms with E-state index < -0.39 is 0 Å². The fraction of sp³-hybridized carbons (Fsp3) is 0.545. The number of amides is 2. The first-order valence-electron chi connectivity index (χ1n) is 10.7. The SMILES string of the molecule is COc1ccc(Cc2nnc(NC(=O)[C@@H]3CC(=O)N(C4CCCCC4)C3)s2)cc1OC. The molecule has 9 heteroatoms. The number of ether oxygens (including phenoxy) is 2. The van der Waals surface area contributed by atoms with Crippen molar-refractivity contribution in [3.05, 3.63) is 28.8 Å². The van der Waals surface area contributed by atoms with Gasteiger partial charge in [-0.25, -0.2) is 0 Å². The summed E-state index contributed by atoms with van der Waals surface area (Å²) in [6, 6.07) is 6.01. The van der Waals surface area contributed by atoms with Crippen LogP contribution in [-0.4, -0.2) is 53.7 Å². The van der Waals surface area contributed by atoms with Crippen LogP contribution in [0.4, 0.5) is 5.13 Å². The number of nitrogens with one attached hydrogen (secondary N) is 1. The fourth-order valence-electron chi connectivity index (χ4n) is 4.40. The van der Waals surface area contributed by atoms with Gasteiger partial charge in [0, 0.05) is 25.4 Å². The van der Waals surface area contributed by atoms with Crippen molar-refractivity contribution < 1.29 is 19.1 Å². The molecule has 2 aromatic rings. The van der Waals surface area contributed by atoms with Gasteiger partial charge in [0.2, 0.25) is 16.9 Å².